The Morgan fingerprint density at radius 3 is 1.94 bits per heavy atom. The number of rotatable bonds is 4. The van der Waals surface area contributed by atoms with Crippen molar-refractivity contribution in [3.05, 3.63) is 169 Å². The van der Waals surface area contributed by atoms with Gasteiger partial charge in [0.25, 0.3) is 0 Å². The highest BCUT2D eigenvalue weighted by molar-refractivity contribution is 6.17. The summed E-state index contributed by atoms with van der Waals surface area (Å²) < 4.78 is 8.78. The molecule has 8 aromatic rings. The molecule has 1 aromatic heterocycles. The maximum Gasteiger partial charge on any atom is 0.152 e. The lowest BCUT2D eigenvalue weighted by Crippen LogP contribution is -2.16. The summed E-state index contributed by atoms with van der Waals surface area (Å²) in [7, 11) is 0. The topological polar surface area (TPSA) is 17.4 Å². The van der Waals surface area contributed by atoms with E-state index in [1.807, 2.05) is 6.07 Å². The summed E-state index contributed by atoms with van der Waals surface area (Å²) in [6.45, 7) is 4.74. The quantitative estimate of drug-likeness (QED) is 0.196. The molecule has 3 heteroatoms. The highest BCUT2D eigenvalue weighted by Gasteiger charge is 2.36. The van der Waals surface area contributed by atoms with E-state index in [9.17, 15) is 0 Å². The van der Waals surface area contributed by atoms with Crippen molar-refractivity contribution >= 4 is 38.9 Å². The lowest BCUT2D eigenvalue weighted by Gasteiger charge is -2.28. The molecule has 0 amide bonds. The Labute approximate surface area is 279 Å². The Balaban J connectivity index is 1.13. The van der Waals surface area contributed by atoms with Crippen molar-refractivity contribution in [1.29, 1.82) is 0 Å². The van der Waals surface area contributed by atoms with E-state index in [1.54, 1.807) is 0 Å². The van der Waals surface area contributed by atoms with E-state index in [0.29, 0.717) is 0 Å². The Bertz CT molecular complexity index is 2520. The lowest BCUT2D eigenvalue weighted by atomic mass is 9.81. The zero-order valence-corrected chi connectivity index (χ0v) is 26.8. The molecule has 2 heterocycles. The van der Waals surface area contributed by atoms with Crippen molar-refractivity contribution in [3.8, 4) is 39.4 Å². The molecule has 3 nitrogen and oxygen atoms in total. The van der Waals surface area contributed by atoms with E-state index in [0.717, 1.165) is 39.8 Å². The third-order valence-electron chi connectivity index (χ3n) is 10.4. The van der Waals surface area contributed by atoms with Crippen LogP contribution in [0.25, 0.3) is 49.7 Å². The number of hydrogen-bond donors (Lipinski definition) is 0. The molecule has 1 aliphatic heterocycles. The van der Waals surface area contributed by atoms with E-state index < -0.39 is 0 Å². The molecular weight excluding hydrogens is 585 g/mol. The van der Waals surface area contributed by atoms with Crippen LogP contribution in [0.15, 0.2) is 158 Å². The summed E-state index contributed by atoms with van der Waals surface area (Å²) in [6.07, 6.45) is 0. The lowest BCUT2D eigenvalue weighted by molar-refractivity contribution is 0.476. The minimum Gasteiger partial charge on any atom is -0.453 e. The summed E-state index contributed by atoms with van der Waals surface area (Å²) >= 11 is 0. The van der Waals surface area contributed by atoms with Crippen molar-refractivity contribution in [2.24, 2.45) is 0 Å². The van der Waals surface area contributed by atoms with E-state index in [2.05, 4.69) is 175 Å². The van der Waals surface area contributed by atoms with Crippen LogP contribution in [-0.4, -0.2) is 4.57 Å². The summed E-state index contributed by atoms with van der Waals surface area (Å²) in [5.41, 5.74) is 14.5. The fourth-order valence-electron chi connectivity index (χ4n) is 8.14. The number of benzene rings is 7. The number of para-hydroxylation sites is 5. The van der Waals surface area contributed by atoms with Crippen LogP contribution in [0.5, 0.6) is 11.5 Å². The van der Waals surface area contributed by atoms with Crippen LogP contribution in [0.2, 0.25) is 0 Å². The molecule has 0 bridgehead atoms. The standard InChI is InChI=1S/C45H32N2O/c1-45(2)37-27-29(33-17-11-20-40-43(33)36-18-12-22-42-44(36)47(40)39-19-9-10-21-41(39)48-42)23-25-34(37)35-26-24-32(28-38(35)45)46(30-13-5-3-6-14-30)31-15-7-4-8-16-31/h3-28H,1-2H3. The monoisotopic (exact) mass is 616 g/mol. The molecule has 0 spiro atoms. The van der Waals surface area contributed by atoms with Gasteiger partial charge in [0, 0.05) is 33.2 Å². The molecule has 0 atom stereocenters. The maximum atomic E-state index is 6.41. The summed E-state index contributed by atoms with van der Waals surface area (Å²) in [4.78, 5) is 2.35. The van der Waals surface area contributed by atoms with Crippen LogP contribution in [0, 0.1) is 0 Å². The van der Waals surface area contributed by atoms with Gasteiger partial charge in [0.1, 0.15) is 0 Å². The molecule has 2 aliphatic rings. The van der Waals surface area contributed by atoms with Crippen molar-refractivity contribution < 1.29 is 4.74 Å². The summed E-state index contributed by atoms with van der Waals surface area (Å²) in [6, 6.07) is 56.8. The zero-order valence-electron chi connectivity index (χ0n) is 26.8. The van der Waals surface area contributed by atoms with E-state index in [-0.39, 0.29) is 5.41 Å². The molecule has 228 valence electrons. The number of anilines is 3. The third kappa shape index (κ3) is 3.76. The number of aromatic nitrogens is 1. The van der Waals surface area contributed by atoms with Crippen LogP contribution in [-0.2, 0) is 5.41 Å². The number of nitrogens with zero attached hydrogens (tertiary/aromatic N) is 2. The average molecular weight is 617 g/mol. The first-order valence-corrected chi connectivity index (χ1v) is 16.6. The normalized spacial score (nSPS) is 13.5. The minimum atomic E-state index is -0.180. The second kappa shape index (κ2) is 9.97. The van der Waals surface area contributed by atoms with Crippen LogP contribution in [0.4, 0.5) is 17.1 Å². The van der Waals surface area contributed by atoms with Crippen LogP contribution < -0.4 is 9.64 Å². The number of fused-ring (bicyclic) bond motifs is 8. The van der Waals surface area contributed by atoms with Gasteiger partial charge >= 0.3 is 0 Å². The molecular formula is C45H32N2O. The van der Waals surface area contributed by atoms with Crippen LogP contribution in [0.3, 0.4) is 0 Å². The van der Waals surface area contributed by atoms with Gasteiger partial charge in [0.2, 0.25) is 0 Å². The maximum absolute atomic E-state index is 6.41. The smallest absolute Gasteiger partial charge is 0.152 e. The predicted octanol–water partition coefficient (Wildman–Crippen LogP) is 12.3. The largest absolute Gasteiger partial charge is 0.453 e. The molecule has 0 N–H and O–H groups in total. The van der Waals surface area contributed by atoms with Crippen molar-refractivity contribution in [2.75, 3.05) is 4.90 Å². The molecule has 7 aromatic carbocycles. The SMILES string of the molecule is CC1(C)c2cc(-c3cccc4c3c3cccc5c3n4-c3ccccc3O5)ccc2-c2ccc(N(c3ccccc3)c3ccccc3)cc21. The van der Waals surface area contributed by atoms with Crippen molar-refractivity contribution in [1.82, 2.24) is 4.57 Å². The molecule has 10 rings (SSSR count). The Kier molecular flexibility index (Phi) is 5.63. The highest BCUT2D eigenvalue weighted by Crippen LogP contribution is 2.53. The highest BCUT2D eigenvalue weighted by atomic mass is 16.5. The average Bonchev–Trinajstić information content (AvgIpc) is 3.59. The first kappa shape index (κ1) is 27.1. The summed E-state index contributed by atoms with van der Waals surface area (Å²) in [5, 5.41) is 2.47. The van der Waals surface area contributed by atoms with Crippen molar-refractivity contribution in [3.63, 3.8) is 0 Å². The van der Waals surface area contributed by atoms with E-state index in [1.165, 1.54) is 49.7 Å². The van der Waals surface area contributed by atoms with Gasteiger partial charge in [-0.2, -0.15) is 0 Å². The molecule has 0 unspecified atom stereocenters. The molecule has 0 fully saturated rings. The van der Waals surface area contributed by atoms with Crippen molar-refractivity contribution in [2.45, 2.75) is 19.3 Å². The number of ether oxygens (including phenoxy) is 1. The number of hydrogen-bond acceptors (Lipinski definition) is 2. The van der Waals surface area contributed by atoms with Gasteiger partial charge in [-0.15, -0.1) is 0 Å². The molecule has 1 aliphatic carbocycles. The van der Waals surface area contributed by atoms with Gasteiger partial charge in [0.05, 0.1) is 16.7 Å². The van der Waals surface area contributed by atoms with Crippen LogP contribution in [0.1, 0.15) is 25.0 Å². The Morgan fingerprint density at radius 2 is 1.17 bits per heavy atom. The molecule has 0 radical (unpaired) electrons. The molecule has 48 heavy (non-hydrogen) atoms. The predicted molar refractivity (Wildman–Crippen MR) is 199 cm³/mol. The zero-order chi connectivity index (χ0) is 32.0. The Morgan fingerprint density at radius 1 is 0.521 bits per heavy atom. The van der Waals surface area contributed by atoms with E-state index >= 15 is 0 Å². The minimum absolute atomic E-state index is 0.180. The van der Waals surface area contributed by atoms with Gasteiger partial charge < -0.3 is 14.2 Å². The van der Waals surface area contributed by atoms with Gasteiger partial charge in [-0.1, -0.05) is 105 Å². The van der Waals surface area contributed by atoms with Gasteiger partial charge in [-0.25, -0.2) is 0 Å². The second-order valence-electron chi connectivity index (χ2n) is 13.4. The molecule has 0 saturated heterocycles. The third-order valence-corrected chi connectivity index (χ3v) is 10.4. The fourth-order valence-corrected chi connectivity index (χ4v) is 8.14. The van der Waals surface area contributed by atoms with Gasteiger partial charge in [-0.05, 0) is 100 Å². The molecule has 0 saturated carbocycles. The Hall–Kier alpha value is -6.06. The first-order chi connectivity index (χ1) is 23.6. The summed E-state index contributed by atoms with van der Waals surface area (Å²) in [5.74, 6) is 1.78. The van der Waals surface area contributed by atoms with Gasteiger partial charge in [0.15, 0.2) is 11.5 Å². The van der Waals surface area contributed by atoms with Gasteiger partial charge in [-0.3, -0.25) is 0 Å². The fraction of sp³-hybridized carbons (Fsp3) is 0.0667. The van der Waals surface area contributed by atoms with Crippen LogP contribution >= 0.6 is 0 Å². The second-order valence-corrected chi connectivity index (χ2v) is 13.4. The van der Waals surface area contributed by atoms with E-state index in [4.69, 9.17) is 4.74 Å². The first-order valence-electron chi connectivity index (χ1n) is 16.6.